The Kier molecular flexibility index (Phi) is 4.92. The molecule has 0 radical (unpaired) electrons. The molecule has 3 aromatic rings. The molecule has 0 spiro atoms. The zero-order chi connectivity index (χ0) is 19.0. The molecule has 5 heteroatoms. The molecule has 1 aliphatic rings. The minimum absolute atomic E-state index is 0.109. The number of unbranched alkanes of at least 4 members (excludes halogenated alkanes) is 1. The van der Waals surface area contributed by atoms with Crippen LogP contribution in [0.25, 0.3) is 11.0 Å². The topological polar surface area (TPSA) is 38.1 Å². The van der Waals surface area contributed by atoms with Gasteiger partial charge in [-0.15, -0.1) is 0 Å². The third kappa shape index (κ3) is 3.34. The predicted octanol–water partition coefficient (Wildman–Crippen LogP) is 5.32. The molecule has 0 unspecified atom stereocenters. The van der Waals surface area contributed by atoms with Crippen molar-refractivity contribution < 1.29 is 4.79 Å². The molecule has 1 saturated heterocycles. The number of amides is 1. The summed E-state index contributed by atoms with van der Waals surface area (Å²) in [5.74, 6) is 1.29. The van der Waals surface area contributed by atoms with Crippen molar-refractivity contribution in [2.75, 3.05) is 11.4 Å². The summed E-state index contributed by atoms with van der Waals surface area (Å²) in [5.41, 5.74) is 4.08. The summed E-state index contributed by atoms with van der Waals surface area (Å²) in [7, 11) is 0. The molecule has 0 saturated carbocycles. The van der Waals surface area contributed by atoms with E-state index in [2.05, 4.69) is 29.7 Å². The summed E-state index contributed by atoms with van der Waals surface area (Å²) < 4.78 is 2.31. The molecule has 1 amide bonds. The summed E-state index contributed by atoms with van der Waals surface area (Å²) in [5, 5.41) is 0.725. The highest BCUT2D eigenvalue weighted by Crippen LogP contribution is 2.34. The normalized spacial score (nSPS) is 17.2. The number of aromatic nitrogens is 2. The maximum atomic E-state index is 12.8. The highest BCUT2D eigenvalue weighted by Gasteiger charge is 2.34. The second-order valence-electron chi connectivity index (χ2n) is 7.30. The molecule has 0 N–H and O–H groups in total. The Hall–Kier alpha value is -2.33. The van der Waals surface area contributed by atoms with E-state index < -0.39 is 0 Å². The van der Waals surface area contributed by atoms with Gasteiger partial charge in [0.2, 0.25) is 5.91 Å². The van der Waals surface area contributed by atoms with Crippen molar-refractivity contribution in [1.29, 1.82) is 0 Å². The molecule has 140 valence electrons. The lowest BCUT2D eigenvalue weighted by atomic mass is 10.1. The van der Waals surface area contributed by atoms with Crippen molar-refractivity contribution in [3.8, 4) is 0 Å². The van der Waals surface area contributed by atoms with E-state index in [9.17, 15) is 4.79 Å². The van der Waals surface area contributed by atoms with Gasteiger partial charge in [-0.25, -0.2) is 4.98 Å². The summed E-state index contributed by atoms with van der Waals surface area (Å²) in [6, 6.07) is 14.0. The number of halogens is 1. The van der Waals surface area contributed by atoms with Crippen LogP contribution in [-0.2, 0) is 11.3 Å². The number of fused-ring (bicyclic) bond motifs is 1. The average molecular weight is 382 g/mol. The largest absolute Gasteiger partial charge is 0.328 e. The van der Waals surface area contributed by atoms with Gasteiger partial charge in [0.25, 0.3) is 0 Å². The molecule has 1 fully saturated rings. The van der Waals surface area contributed by atoms with Crippen LogP contribution in [0.2, 0.25) is 5.02 Å². The molecule has 0 bridgehead atoms. The van der Waals surface area contributed by atoms with Crippen LogP contribution >= 0.6 is 11.6 Å². The molecule has 2 aromatic carbocycles. The fourth-order valence-electron chi connectivity index (χ4n) is 3.88. The average Bonchev–Trinajstić information content (AvgIpc) is 3.23. The lowest BCUT2D eigenvalue weighted by Gasteiger charge is -2.18. The molecule has 0 aliphatic carbocycles. The highest BCUT2D eigenvalue weighted by molar-refractivity contribution is 6.31. The maximum absolute atomic E-state index is 12.8. The molecule has 1 aromatic heterocycles. The number of anilines is 1. The predicted molar refractivity (Wildman–Crippen MR) is 111 cm³/mol. The van der Waals surface area contributed by atoms with E-state index in [4.69, 9.17) is 16.6 Å². The molecule has 1 atom stereocenters. The van der Waals surface area contributed by atoms with Gasteiger partial charge >= 0.3 is 0 Å². The number of imidazole rings is 1. The summed E-state index contributed by atoms with van der Waals surface area (Å²) in [6.45, 7) is 5.77. The van der Waals surface area contributed by atoms with Gasteiger partial charge in [0.05, 0.1) is 11.0 Å². The molecule has 1 aliphatic heterocycles. The van der Waals surface area contributed by atoms with Gasteiger partial charge in [-0.1, -0.05) is 37.1 Å². The van der Waals surface area contributed by atoms with E-state index in [0.29, 0.717) is 13.0 Å². The maximum Gasteiger partial charge on any atom is 0.227 e. The van der Waals surface area contributed by atoms with Gasteiger partial charge < -0.3 is 9.47 Å². The Bertz CT molecular complexity index is 994. The van der Waals surface area contributed by atoms with Crippen molar-refractivity contribution in [2.45, 2.75) is 45.6 Å². The quantitative estimate of drug-likeness (QED) is 0.600. The van der Waals surface area contributed by atoms with E-state index in [1.165, 1.54) is 0 Å². The molecular formula is C22H24ClN3O. The van der Waals surface area contributed by atoms with Crippen LogP contribution in [0.5, 0.6) is 0 Å². The first-order chi connectivity index (χ1) is 13.1. The third-order valence-electron chi connectivity index (χ3n) is 5.36. The highest BCUT2D eigenvalue weighted by atomic mass is 35.5. The number of hydrogen-bond acceptors (Lipinski definition) is 2. The summed E-state index contributed by atoms with van der Waals surface area (Å²) in [6.07, 6.45) is 2.73. The minimum atomic E-state index is 0.109. The van der Waals surface area contributed by atoms with Gasteiger partial charge in [-0.05, 0) is 49.2 Å². The zero-order valence-electron chi connectivity index (χ0n) is 15.8. The third-order valence-corrected chi connectivity index (χ3v) is 5.79. The number of aryl methyl sites for hydroxylation is 2. The standard InChI is InChI=1S/C22H24ClN3O/c1-3-4-11-25-20-8-6-5-7-19(20)24-22(25)16-13-21(27)26(14-16)17-9-10-18(23)15(2)12-17/h5-10,12,16H,3-4,11,13-14H2,1-2H3/t16-/m0/s1. The van der Waals surface area contributed by atoms with Crippen LogP contribution in [0, 0.1) is 6.92 Å². The fourth-order valence-corrected chi connectivity index (χ4v) is 4.00. The first kappa shape index (κ1) is 18.1. The Balaban J connectivity index is 1.68. The van der Waals surface area contributed by atoms with Gasteiger partial charge in [0, 0.05) is 36.1 Å². The molecule has 2 heterocycles. The van der Waals surface area contributed by atoms with Crippen molar-refractivity contribution in [3.63, 3.8) is 0 Å². The second-order valence-corrected chi connectivity index (χ2v) is 7.71. The van der Waals surface area contributed by atoms with Crippen LogP contribution in [0.4, 0.5) is 5.69 Å². The van der Waals surface area contributed by atoms with Gasteiger partial charge in [-0.3, -0.25) is 4.79 Å². The number of benzene rings is 2. The Labute approximate surface area is 164 Å². The van der Waals surface area contributed by atoms with E-state index in [-0.39, 0.29) is 11.8 Å². The zero-order valence-corrected chi connectivity index (χ0v) is 16.5. The van der Waals surface area contributed by atoms with E-state index >= 15 is 0 Å². The second kappa shape index (κ2) is 7.35. The fraction of sp³-hybridized carbons (Fsp3) is 0.364. The van der Waals surface area contributed by atoms with Gasteiger partial charge in [0.1, 0.15) is 5.82 Å². The Morgan fingerprint density at radius 3 is 2.81 bits per heavy atom. The van der Waals surface area contributed by atoms with Crippen LogP contribution in [-0.4, -0.2) is 22.0 Å². The smallest absolute Gasteiger partial charge is 0.227 e. The first-order valence-electron chi connectivity index (χ1n) is 9.60. The minimum Gasteiger partial charge on any atom is -0.328 e. The summed E-state index contributed by atoms with van der Waals surface area (Å²) in [4.78, 5) is 19.5. The van der Waals surface area contributed by atoms with Crippen LogP contribution in [0.3, 0.4) is 0 Å². The van der Waals surface area contributed by atoms with Crippen molar-refractivity contribution >= 4 is 34.2 Å². The number of hydrogen-bond donors (Lipinski definition) is 0. The Morgan fingerprint density at radius 1 is 1.22 bits per heavy atom. The van der Waals surface area contributed by atoms with E-state index in [0.717, 1.165) is 52.5 Å². The summed E-state index contributed by atoms with van der Waals surface area (Å²) >= 11 is 6.15. The number of carbonyl (C=O) groups excluding carboxylic acids is 1. The lowest BCUT2D eigenvalue weighted by molar-refractivity contribution is -0.117. The monoisotopic (exact) mass is 381 g/mol. The van der Waals surface area contributed by atoms with Crippen molar-refractivity contribution in [2.24, 2.45) is 0 Å². The van der Waals surface area contributed by atoms with Crippen LogP contribution < -0.4 is 4.90 Å². The molecule has 4 nitrogen and oxygen atoms in total. The van der Waals surface area contributed by atoms with Gasteiger partial charge in [0.15, 0.2) is 0 Å². The number of nitrogens with zero attached hydrogens (tertiary/aromatic N) is 3. The first-order valence-corrected chi connectivity index (χ1v) is 9.98. The van der Waals surface area contributed by atoms with Crippen molar-refractivity contribution in [3.05, 3.63) is 58.9 Å². The van der Waals surface area contributed by atoms with Crippen LogP contribution in [0.15, 0.2) is 42.5 Å². The number of carbonyl (C=O) groups is 1. The molecule has 27 heavy (non-hydrogen) atoms. The van der Waals surface area contributed by atoms with Gasteiger partial charge in [-0.2, -0.15) is 0 Å². The SMILES string of the molecule is CCCCn1c([C@H]2CC(=O)N(c3ccc(Cl)c(C)c3)C2)nc2ccccc21. The van der Waals surface area contributed by atoms with Crippen LogP contribution in [0.1, 0.15) is 43.5 Å². The number of rotatable bonds is 5. The molecular weight excluding hydrogens is 358 g/mol. The van der Waals surface area contributed by atoms with E-state index in [1.54, 1.807) is 0 Å². The Morgan fingerprint density at radius 2 is 2.04 bits per heavy atom. The van der Waals surface area contributed by atoms with Crippen molar-refractivity contribution in [1.82, 2.24) is 9.55 Å². The lowest BCUT2D eigenvalue weighted by Crippen LogP contribution is -2.24. The number of para-hydroxylation sites is 2. The van der Waals surface area contributed by atoms with E-state index in [1.807, 2.05) is 36.1 Å². The molecule has 4 rings (SSSR count).